The predicted octanol–water partition coefficient (Wildman–Crippen LogP) is 7.05. The minimum atomic E-state index is -0.516. The van der Waals surface area contributed by atoms with E-state index < -0.39 is 11.9 Å². The Labute approximate surface area is 210 Å². The molecular formula is C25H14BrClN2O4S. The van der Waals surface area contributed by atoms with Gasteiger partial charge in [-0.25, -0.2) is 10.2 Å². The van der Waals surface area contributed by atoms with Crippen LogP contribution in [0.2, 0.25) is 5.02 Å². The van der Waals surface area contributed by atoms with Gasteiger partial charge in [-0.05, 0) is 60.2 Å². The average Bonchev–Trinajstić information content (AvgIpc) is 3.41. The van der Waals surface area contributed by atoms with Gasteiger partial charge in [0, 0.05) is 19.9 Å². The number of hydrazone groups is 1. The second kappa shape index (κ2) is 9.42. The van der Waals surface area contributed by atoms with Crippen molar-refractivity contribution in [3.63, 3.8) is 0 Å². The maximum Gasteiger partial charge on any atom is 0.355 e. The molecule has 0 aliphatic carbocycles. The number of benzene rings is 3. The van der Waals surface area contributed by atoms with Crippen molar-refractivity contribution >= 4 is 78.0 Å². The smallest absolute Gasteiger partial charge is 0.355 e. The fraction of sp³-hybridized carbons (Fsp3) is 0. The van der Waals surface area contributed by atoms with Crippen LogP contribution in [0.5, 0.6) is 5.75 Å². The monoisotopic (exact) mass is 552 g/mol. The van der Waals surface area contributed by atoms with Crippen molar-refractivity contribution in [1.82, 2.24) is 5.43 Å². The Morgan fingerprint density at radius 2 is 1.85 bits per heavy atom. The van der Waals surface area contributed by atoms with Crippen molar-refractivity contribution in [2.45, 2.75) is 0 Å². The first kappa shape index (κ1) is 22.3. The highest BCUT2D eigenvalue weighted by molar-refractivity contribution is 9.10. The third-order valence-corrected chi connectivity index (χ3v) is 7.04. The zero-order valence-electron chi connectivity index (χ0n) is 17.2. The van der Waals surface area contributed by atoms with Crippen LogP contribution in [0, 0.1) is 0 Å². The molecule has 0 aliphatic rings. The molecule has 6 nitrogen and oxygen atoms in total. The summed E-state index contributed by atoms with van der Waals surface area (Å²) in [5.41, 5.74) is 3.75. The van der Waals surface area contributed by atoms with E-state index in [1.807, 2.05) is 36.4 Å². The Bertz CT molecular complexity index is 1570. The lowest BCUT2D eigenvalue weighted by Crippen LogP contribution is -2.16. The maximum atomic E-state index is 12.6. The van der Waals surface area contributed by atoms with E-state index >= 15 is 0 Å². The van der Waals surface area contributed by atoms with E-state index in [9.17, 15) is 9.59 Å². The number of hydrogen-bond acceptors (Lipinski definition) is 6. The number of thiophene rings is 1. The van der Waals surface area contributed by atoms with E-state index in [1.54, 1.807) is 36.4 Å². The molecule has 1 amide bonds. The van der Waals surface area contributed by atoms with Crippen LogP contribution in [0.1, 0.15) is 25.8 Å². The van der Waals surface area contributed by atoms with Crippen LogP contribution in [-0.2, 0) is 0 Å². The Morgan fingerprint density at radius 3 is 2.65 bits per heavy atom. The summed E-state index contributed by atoms with van der Waals surface area (Å²) in [5, 5.41) is 5.99. The van der Waals surface area contributed by atoms with E-state index in [0.29, 0.717) is 26.8 Å². The summed E-state index contributed by atoms with van der Waals surface area (Å²) in [4.78, 5) is 25.2. The van der Waals surface area contributed by atoms with Gasteiger partial charge in [0.25, 0.3) is 0 Å². The van der Waals surface area contributed by atoms with Crippen LogP contribution in [0.3, 0.4) is 0 Å². The lowest BCUT2D eigenvalue weighted by atomic mass is 10.2. The maximum absolute atomic E-state index is 12.6. The molecular weight excluding hydrogens is 540 g/mol. The van der Waals surface area contributed by atoms with E-state index in [-0.39, 0.29) is 5.76 Å². The molecule has 1 N–H and O–H groups in total. The Balaban J connectivity index is 1.21. The zero-order valence-corrected chi connectivity index (χ0v) is 20.4. The van der Waals surface area contributed by atoms with Crippen LogP contribution < -0.4 is 10.2 Å². The normalized spacial score (nSPS) is 11.4. The lowest BCUT2D eigenvalue weighted by Gasteiger charge is -2.03. The number of nitrogens with zero attached hydrogens (tertiary/aromatic N) is 1. The summed E-state index contributed by atoms with van der Waals surface area (Å²) in [7, 11) is 0. The van der Waals surface area contributed by atoms with Crippen molar-refractivity contribution in [1.29, 1.82) is 0 Å². The first-order valence-electron chi connectivity index (χ1n) is 10.00. The summed E-state index contributed by atoms with van der Waals surface area (Å²) >= 11 is 11.0. The van der Waals surface area contributed by atoms with E-state index in [0.717, 1.165) is 19.9 Å². The molecule has 0 spiro atoms. The Kier molecular flexibility index (Phi) is 6.19. The van der Waals surface area contributed by atoms with Gasteiger partial charge >= 0.3 is 11.9 Å². The lowest BCUT2D eigenvalue weighted by molar-refractivity contribution is 0.0739. The van der Waals surface area contributed by atoms with Gasteiger partial charge in [-0.3, -0.25) is 4.79 Å². The quantitative estimate of drug-likeness (QED) is 0.109. The molecule has 0 saturated heterocycles. The summed E-state index contributed by atoms with van der Waals surface area (Å²) in [6.07, 6.45) is 1.48. The highest BCUT2D eigenvalue weighted by Crippen LogP contribution is 2.35. The van der Waals surface area contributed by atoms with Gasteiger partial charge in [0.05, 0.1) is 11.2 Å². The standard InChI is InChI=1S/C25H14BrClN2O4S/c26-16-7-10-19-15(11-16)12-20(33-19)24(30)29-28-13-14-5-8-17(9-6-14)32-25(31)23-22(27)18-3-1-2-4-21(18)34-23/h1-13H,(H,29,30)/b28-13+. The van der Waals surface area contributed by atoms with Gasteiger partial charge in [0.2, 0.25) is 0 Å². The number of fused-ring (bicyclic) bond motifs is 2. The molecule has 34 heavy (non-hydrogen) atoms. The summed E-state index contributed by atoms with van der Waals surface area (Å²) in [6.45, 7) is 0. The second-order valence-corrected chi connectivity index (χ2v) is 9.54. The second-order valence-electron chi connectivity index (χ2n) is 7.19. The van der Waals surface area contributed by atoms with Gasteiger partial charge in [-0.1, -0.05) is 45.7 Å². The number of amides is 1. The van der Waals surface area contributed by atoms with Crippen LogP contribution in [0.15, 0.2) is 86.8 Å². The highest BCUT2D eigenvalue weighted by atomic mass is 79.9. The van der Waals surface area contributed by atoms with Crippen LogP contribution in [0.25, 0.3) is 21.1 Å². The molecule has 5 aromatic rings. The number of ether oxygens (including phenoxy) is 1. The largest absolute Gasteiger partial charge is 0.451 e. The molecule has 3 aromatic carbocycles. The van der Waals surface area contributed by atoms with Gasteiger partial charge in [0.1, 0.15) is 16.2 Å². The van der Waals surface area contributed by atoms with Crippen LogP contribution in [0.4, 0.5) is 0 Å². The number of furan rings is 1. The van der Waals surface area contributed by atoms with E-state index in [4.69, 9.17) is 20.8 Å². The third-order valence-electron chi connectivity index (χ3n) is 4.89. The third kappa shape index (κ3) is 4.61. The molecule has 2 aromatic heterocycles. The topological polar surface area (TPSA) is 80.9 Å². The molecule has 2 heterocycles. The van der Waals surface area contributed by atoms with Crippen molar-refractivity contribution in [2.24, 2.45) is 5.10 Å². The Morgan fingerprint density at radius 1 is 1.06 bits per heavy atom. The van der Waals surface area contributed by atoms with Crippen LogP contribution >= 0.6 is 38.9 Å². The van der Waals surface area contributed by atoms with Crippen molar-refractivity contribution < 1.29 is 18.7 Å². The van der Waals surface area contributed by atoms with Gasteiger partial charge < -0.3 is 9.15 Å². The number of hydrogen-bond donors (Lipinski definition) is 1. The molecule has 0 saturated carbocycles. The number of carbonyl (C=O) groups excluding carboxylic acids is 2. The molecule has 0 fully saturated rings. The highest BCUT2D eigenvalue weighted by Gasteiger charge is 2.19. The average molecular weight is 554 g/mol. The summed E-state index contributed by atoms with van der Waals surface area (Å²) in [5.74, 6) is -0.451. The number of rotatable bonds is 5. The fourth-order valence-corrected chi connectivity index (χ4v) is 5.03. The van der Waals surface area contributed by atoms with Crippen molar-refractivity contribution in [3.8, 4) is 5.75 Å². The van der Waals surface area contributed by atoms with Crippen molar-refractivity contribution in [2.75, 3.05) is 0 Å². The first-order valence-corrected chi connectivity index (χ1v) is 12.0. The number of esters is 1. The molecule has 0 aliphatic heterocycles. The van der Waals surface area contributed by atoms with E-state index in [1.165, 1.54) is 17.6 Å². The first-order chi connectivity index (χ1) is 16.5. The summed E-state index contributed by atoms with van der Waals surface area (Å²) < 4.78 is 12.8. The number of halogens is 2. The fourth-order valence-electron chi connectivity index (χ4n) is 3.27. The van der Waals surface area contributed by atoms with Gasteiger partial charge in [-0.15, -0.1) is 11.3 Å². The number of nitrogens with one attached hydrogen (secondary N) is 1. The molecule has 9 heteroatoms. The molecule has 0 radical (unpaired) electrons. The molecule has 0 atom stereocenters. The SMILES string of the molecule is O=C(N/N=C/c1ccc(OC(=O)c2sc3ccccc3c2Cl)cc1)c1cc2cc(Br)ccc2o1. The van der Waals surface area contributed by atoms with Crippen molar-refractivity contribution in [3.05, 3.63) is 98.5 Å². The van der Waals surface area contributed by atoms with E-state index in [2.05, 4.69) is 26.5 Å². The minimum absolute atomic E-state index is 0.160. The molecule has 0 unspecified atom stereocenters. The van der Waals surface area contributed by atoms with Crippen LogP contribution in [-0.4, -0.2) is 18.1 Å². The predicted molar refractivity (Wildman–Crippen MR) is 137 cm³/mol. The molecule has 5 rings (SSSR count). The number of carbonyl (C=O) groups is 2. The van der Waals surface area contributed by atoms with Gasteiger partial charge in [0.15, 0.2) is 5.76 Å². The Hall–Kier alpha value is -3.46. The zero-order chi connectivity index (χ0) is 23.7. The van der Waals surface area contributed by atoms with Gasteiger partial charge in [-0.2, -0.15) is 5.10 Å². The molecule has 168 valence electrons. The molecule has 0 bridgehead atoms. The summed E-state index contributed by atoms with van der Waals surface area (Å²) in [6, 6.07) is 21.4. The minimum Gasteiger partial charge on any atom is -0.451 e.